The van der Waals surface area contributed by atoms with Gasteiger partial charge in [-0.2, -0.15) is 0 Å². The Bertz CT molecular complexity index is 1200. The smallest absolute Gasteiger partial charge is 0.255 e. The van der Waals surface area contributed by atoms with Crippen molar-refractivity contribution in [1.82, 2.24) is 9.88 Å². The summed E-state index contributed by atoms with van der Waals surface area (Å²) in [5, 5.41) is 1.12. The molecule has 0 bridgehead atoms. The first kappa shape index (κ1) is 18.0. The average molecular weight is 447 g/mol. The fraction of sp³-hybridized carbons (Fsp3) is 0.125. The molecule has 3 aromatic carbocycles. The molecule has 2 heterocycles. The number of hydrogen-bond donors (Lipinski definition) is 1. The lowest BCUT2D eigenvalue weighted by Crippen LogP contribution is -2.30. The number of carbonyl (C=O) groups is 1. The molecule has 1 aliphatic rings. The van der Waals surface area contributed by atoms with Gasteiger partial charge in [-0.3, -0.25) is 4.79 Å². The number of nitrogens with one attached hydrogen (secondary N) is 1. The monoisotopic (exact) mass is 446 g/mol. The fourth-order valence-electron chi connectivity index (χ4n) is 4.14. The van der Waals surface area contributed by atoms with E-state index in [1.54, 1.807) is 7.11 Å². The van der Waals surface area contributed by atoms with Crippen LogP contribution < -0.4 is 4.74 Å². The molecule has 144 valence electrons. The van der Waals surface area contributed by atoms with E-state index in [0.717, 1.165) is 43.5 Å². The summed E-state index contributed by atoms with van der Waals surface area (Å²) in [4.78, 5) is 18.8. The Morgan fingerprint density at radius 3 is 2.66 bits per heavy atom. The van der Waals surface area contributed by atoms with Gasteiger partial charge in [0.25, 0.3) is 5.91 Å². The van der Waals surface area contributed by atoms with Crippen LogP contribution in [0.2, 0.25) is 0 Å². The van der Waals surface area contributed by atoms with E-state index in [0.29, 0.717) is 6.54 Å². The van der Waals surface area contributed by atoms with Crippen molar-refractivity contribution in [3.8, 4) is 5.75 Å². The molecule has 0 fully saturated rings. The van der Waals surface area contributed by atoms with E-state index in [1.807, 2.05) is 59.5 Å². The van der Waals surface area contributed by atoms with Crippen molar-refractivity contribution in [1.29, 1.82) is 0 Å². The summed E-state index contributed by atoms with van der Waals surface area (Å²) < 4.78 is 6.56. The van der Waals surface area contributed by atoms with Crippen molar-refractivity contribution in [2.24, 2.45) is 0 Å². The van der Waals surface area contributed by atoms with Crippen LogP contribution in [0.1, 0.15) is 33.2 Å². The van der Waals surface area contributed by atoms with Gasteiger partial charge in [-0.05, 0) is 41.3 Å². The minimum Gasteiger partial charge on any atom is -0.496 e. The number of amides is 1. The summed E-state index contributed by atoms with van der Waals surface area (Å²) in [5.41, 5.74) is 4.76. The maximum absolute atomic E-state index is 13.4. The van der Waals surface area contributed by atoms with Gasteiger partial charge in [-0.15, -0.1) is 0 Å². The second-order valence-electron chi connectivity index (χ2n) is 7.19. The molecule has 29 heavy (non-hydrogen) atoms. The first-order valence-electron chi connectivity index (χ1n) is 9.45. The van der Waals surface area contributed by atoms with Gasteiger partial charge in [0.05, 0.1) is 7.11 Å². The molecule has 1 aromatic heterocycles. The predicted octanol–water partition coefficient (Wildman–Crippen LogP) is 5.68. The summed E-state index contributed by atoms with van der Waals surface area (Å²) in [5.74, 6) is 0.789. The number of benzene rings is 3. The fourth-order valence-corrected chi connectivity index (χ4v) is 4.50. The summed E-state index contributed by atoms with van der Waals surface area (Å²) in [6.07, 6.45) is 0. The van der Waals surface area contributed by atoms with Crippen LogP contribution in [0.15, 0.2) is 77.3 Å². The van der Waals surface area contributed by atoms with Gasteiger partial charge >= 0.3 is 0 Å². The van der Waals surface area contributed by atoms with E-state index >= 15 is 0 Å². The van der Waals surface area contributed by atoms with Crippen LogP contribution in [-0.2, 0) is 6.54 Å². The molecule has 5 rings (SSSR count). The Morgan fingerprint density at radius 1 is 1.03 bits per heavy atom. The molecule has 1 atom stereocenters. The van der Waals surface area contributed by atoms with E-state index in [-0.39, 0.29) is 11.9 Å². The van der Waals surface area contributed by atoms with Crippen molar-refractivity contribution in [2.45, 2.75) is 12.6 Å². The lowest BCUT2D eigenvalue weighted by atomic mass is 10.0. The normalized spacial score (nSPS) is 14.3. The van der Waals surface area contributed by atoms with Crippen molar-refractivity contribution in [2.75, 3.05) is 7.11 Å². The highest BCUT2D eigenvalue weighted by Crippen LogP contribution is 2.40. The number of nitrogens with zero attached hydrogens (tertiary/aromatic N) is 1. The standard InChI is InChI=1S/C24H19BrN2O2/c1-29-22-9-5-3-7-18(22)23(21-12-15-6-2-4-8-20(15)26-21)27-14-16-10-11-17(25)13-19(16)24(27)28/h2-13,23,26H,14H2,1H3/t23-/m1/s1. The molecule has 0 aliphatic carbocycles. The van der Waals surface area contributed by atoms with E-state index < -0.39 is 0 Å². The third-order valence-electron chi connectivity index (χ3n) is 5.49. The van der Waals surface area contributed by atoms with Crippen molar-refractivity contribution < 1.29 is 9.53 Å². The van der Waals surface area contributed by atoms with E-state index in [2.05, 4.69) is 39.1 Å². The van der Waals surface area contributed by atoms with Gasteiger partial charge in [-0.1, -0.05) is 58.4 Å². The maximum atomic E-state index is 13.4. The lowest BCUT2D eigenvalue weighted by molar-refractivity contribution is 0.0726. The quantitative estimate of drug-likeness (QED) is 0.437. The molecule has 0 unspecified atom stereocenters. The zero-order chi connectivity index (χ0) is 20.0. The van der Waals surface area contributed by atoms with Gasteiger partial charge in [0.1, 0.15) is 11.8 Å². The van der Waals surface area contributed by atoms with Crippen LogP contribution in [0.5, 0.6) is 5.75 Å². The third kappa shape index (κ3) is 3.02. The number of fused-ring (bicyclic) bond motifs is 2. The highest BCUT2D eigenvalue weighted by atomic mass is 79.9. The second kappa shape index (κ2) is 7.08. The summed E-state index contributed by atoms with van der Waals surface area (Å²) in [6, 6.07) is 23.8. The summed E-state index contributed by atoms with van der Waals surface area (Å²) in [7, 11) is 1.67. The molecule has 0 radical (unpaired) electrons. The highest BCUT2D eigenvalue weighted by Gasteiger charge is 2.36. The topological polar surface area (TPSA) is 45.3 Å². The molecular formula is C24H19BrN2O2. The Balaban J connectivity index is 1.68. The van der Waals surface area contributed by atoms with Crippen molar-refractivity contribution in [3.63, 3.8) is 0 Å². The zero-order valence-electron chi connectivity index (χ0n) is 15.9. The minimum absolute atomic E-state index is 0.0239. The molecule has 1 N–H and O–H groups in total. The highest BCUT2D eigenvalue weighted by molar-refractivity contribution is 9.10. The Morgan fingerprint density at radius 2 is 1.83 bits per heavy atom. The van der Waals surface area contributed by atoms with Crippen molar-refractivity contribution in [3.05, 3.63) is 99.7 Å². The van der Waals surface area contributed by atoms with Crippen molar-refractivity contribution >= 4 is 32.7 Å². The first-order valence-corrected chi connectivity index (χ1v) is 10.2. The Hall–Kier alpha value is -3.05. The van der Waals surface area contributed by atoms with Gasteiger partial charge in [-0.25, -0.2) is 0 Å². The van der Waals surface area contributed by atoms with Gasteiger partial charge < -0.3 is 14.6 Å². The minimum atomic E-state index is -0.280. The van der Waals surface area contributed by atoms with Gasteiger partial charge in [0.2, 0.25) is 0 Å². The van der Waals surface area contributed by atoms with Crippen LogP contribution in [-0.4, -0.2) is 22.9 Å². The number of aromatic amines is 1. The number of halogens is 1. The largest absolute Gasteiger partial charge is 0.496 e. The molecule has 1 aliphatic heterocycles. The lowest BCUT2D eigenvalue weighted by Gasteiger charge is -2.28. The molecular weight excluding hydrogens is 428 g/mol. The van der Waals surface area contributed by atoms with Gasteiger partial charge in [0.15, 0.2) is 0 Å². The van der Waals surface area contributed by atoms with Crippen LogP contribution in [0, 0.1) is 0 Å². The molecule has 0 spiro atoms. The summed E-state index contributed by atoms with van der Waals surface area (Å²) >= 11 is 3.49. The van der Waals surface area contributed by atoms with E-state index in [1.165, 1.54) is 0 Å². The number of aromatic nitrogens is 1. The molecule has 0 saturated heterocycles. The van der Waals surface area contributed by atoms with E-state index in [9.17, 15) is 4.79 Å². The third-order valence-corrected chi connectivity index (χ3v) is 5.99. The number of H-pyrrole nitrogens is 1. The molecule has 1 amide bonds. The second-order valence-corrected chi connectivity index (χ2v) is 8.11. The summed E-state index contributed by atoms with van der Waals surface area (Å²) in [6.45, 7) is 0.555. The number of carbonyl (C=O) groups excluding carboxylic acids is 1. The SMILES string of the molecule is COc1ccccc1[C@H](c1cc2ccccc2[nH]1)N1Cc2ccc(Br)cc2C1=O. The maximum Gasteiger partial charge on any atom is 0.255 e. The number of para-hydroxylation sites is 2. The molecule has 4 aromatic rings. The number of methoxy groups -OCH3 is 1. The Kier molecular flexibility index (Phi) is 4.40. The Labute approximate surface area is 177 Å². The number of rotatable bonds is 4. The molecule has 5 heteroatoms. The van der Waals surface area contributed by atoms with Crippen LogP contribution >= 0.6 is 15.9 Å². The molecule has 4 nitrogen and oxygen atoms in total. The van der Waals surface area contributed by atoms with Gasteiger partial charge in [0, 0.05) is 33.4 Å². The average Bonchev–Trinajstić information content (AvgIpc) is 3.30. The first-order chi connectivity index (χ1) is 14.2. The zero-order valence-corrected chi connectivity index (χ0v) is 17.4. The van der Waals surface area contributed by atoms with Crippen LogP contribution in [0.25, 0.3) is 10.9 Å². The van der Waals surface area contributed by atoms with Crippen LogP contribution in [0.4, 0.5) is 0 Å². The number of ether oxygens (including phenoxy) is 1. The van der Waals surface area contributed by atoms with E-state index in [4.69, 9.17) is 4.74 Å². The predicted molar refractivity (Wildman–Crippen MR) is 117 cm³/mol. The van der Waals surface area contributed by atoms with Crippen LogP contribution in [0.3, 0.4) is 0 Å². The number of hydrogen-bond acceptors (Lipinski definition) is 2. The molecule has 0 saturated carbocycles.